The van der Waals surface area contributed by atoms with Crippen LogP contribution in [0.3, 0.4) is 0 Å². The Balaban J connectivity index is 2.27. The van der Waals surface area contributed by atoms with Crippen molar-refractivity contribution in [2.24, 2.45) is 0 Å². The van der Waals surface area contributed by atoms with Crippen LogP contribution in [0.2, 0.25) is 0 Å². The van der Waals surface area contributed by atoms with E-state index in [-0.39, 0.29) is 17.1 Å². The number of aryl methyl sites for hydroxylation is 2. The Labute approximate surface area is 146 Å². The molecule has 0 saturated carbocycles. The Bertz CT molecular complexity index is 825. The third-order valence-corrected chi connectivity index (χ3v) is 3.68. The number of alkyl halides is 3. The maximum absolute atomic E-state index is 12.8. The van der Waals surface area contributed by atoms with Crippen molar-refractivity contribution in [3.63, 3.8) is 0 Å². The molecule has 0 radical (unpaired) electrons. The molecular weight excluding hydrogens is 355 g/mol. The van der Waals surface area contributed by atoms with Crippen LogP contribution in [0.1, 0.15) is 41.8 Å². The molecule has 1 N–H and O–H groups in total. The van der Waals surface area contributed by atoms with Gasteiger partial charge in [-0.15, -0.1) is 0 Å². The summed E-state index contributed by atoms with van der Waals surface area (Å²) in [6.45, 7) is 5.05. The van der Waals surface area contributed by atoms with Gasteiger partial charge in [0.2, 0.25) is 5.91 Å². The fourth-order valence-corrected chi connectivity index (χ4v) is 2.29. The van der Waals surface area contributed by atoms with Gasteiger partial charge in [0.15, 0.2) is 11.4 Å². The van der Waals surface area contributed by atoms with Crippen molar-refractivity contribution in [3.8, 4) is 0 Å². The first-order valence-corrected chi connectivity index (χ1v) is 7.68. The van der Waals surface area contributed by atoms with E-state index < -0.39 is 29.8 Å². The van der Waals surface area contributed by atoms with Crippen LogP contribution in [0.4, 0.5) is 18.9 Å². The SMILES string of the molecule is CCn1cc(NC(=O)C(C)n2nc(C(F)(F)F)cc2C)c(C(=O)OC)n1. The van der Waals surface area contributed by atoms with E-state index in [1.165, 1.54) is 31.8 Å². The molecule has 0 aromatic carbocycles. The minimum absolute atomic E-state index is 0.0944. The number of halogens is 3. The number of hydrogen-bond acceptors (Lipinski definition) is 5. The van der Waals surface area contributed by atoms with E-state index in [9.17, 15) is 22.8 Å². The lowest BCUT2D eigenvalue weighted by atomic mass is 10.2. The number of amides is 1. The zero-order valence-corrected chi connectivity index (χ0v) is 14.6. The van der Waals surface area contributed by atoms with Gasteiger partial charge < -0.3 is 10.1 Å². The van der Waals surface area contributed by atoms with E-state index in [1.807, 2.05) is 0 Å². The van der Waals surface area contributed by atoms with Crippen LogP contribution >= 0.6 is 0 Å². The lowest BCUT2D eigenvalue weighted by Crippen LogP contribution is -2.26. The lowest BCUT2D eigenvalue weighted by Gasteiger charge is -2.14. The molecule has 0 fully saturated rings. The van der Waals surface area contributed by atoms with Crippen molar-refractivity contribution >= 4 is 17.6 Å². The zero-order valence-electron chi connectivity index (χ0n) is 14.6. The molecule has 1 atom stereocenters. The Kier molecular flexibility index (Phi) is 5.38. The topological polar surface area (TPSA) is 91.0 Å². The molecule has 0 aliphatic carbocycles. The lowest BCUT2D eigenvalue weighted by molar-refractivity contribution is -0.141. The Morgan fingerprint density at radius 1 is 1.35 bits per heavy atom. The molecule has 1 amide bonds. The monoisotopic (exact) mass is 373 g/mol. The molecular formula is C15H18F3N5O3. The van der Waals surface area contributed by atoms with Crippen LogP contribution < -0.4 is 5.32 Å². The third kappa shape index (κ3) is 3.86. The maximum Gasteiger partial charge on any atom is 0.435 e. The summed E-state index contributed by atoms with van der Waals surface area (Å²) < 4.78 is 45.3. The second-order valence-corrected chi connectivity index (χ2v) is 5.52. The molecule has 26 heavy (non-hydrogen) atoms. The third-order valence-electron chi connectivity index (χ3n) is 3.68. The summed E-state index contributed by atoms with van der Waals surface area (Å²) in [5.41, 5.74) is -0.888. The molecule has 1 unspecified atom stereocenters. The van der Waals surface area contributed by atoms with Crippen molar-refractivity contribution in [2.75, 3.05) is 12.4 Å². The standard InChI is InChI=1S/C15H18F3N5O3/c1-5-22-7-10(12(21-22)14(25)26-4)19-13(24)9(3)23-8(2)6-11(20-23)15(16,17)18/h6-7,9H,5H2,1-4H3,(H,19,24). The fourth-order valence-electron chi connectivity index (χ4n) is 2.29. The van der Waals surface area contributed by atoms with Crippen molar-refractivity contribution in [2.45, 2.75) is 39.5 Å². The highest BCUT2D eigenvalue weighted by atomic mass is 19.4. The van der Waals surface area contributed by atoms with E-state index in [4.69, 9.17) is 0 Å². The normalized spacial score (nSPS) is 12.7. The molecule has 0 bridgehead atoms. The van der Waals surface area contributed by atoms with Crippen LogP contribution in [0.5, 0.6) is 0 Å². The number of carbonyl (C=O) groups excluding carboxylic acids is 2. The summed E-state index contributed by atoms with van der Waals surface area (Å²) in [6.07, 6.45) is -3.17. The molecule has 0 spiro atoms. The van der Waals surface area contributed by atoms with Gasteiger partial charge in [0.05, 0.1) is 12.8 Å². The van der Waals surface area contributed by atoms with Crippen LogP contribution in [0.15, 0.2) is 12.3 Å². The smallest absolute Gasteiger partial charge is 0.435 e. The van der Waals surface area contributed by atoms with Crippen molar-refractivity contribution in [3.05, 3.63) is 29.3 Å². The second kappa shape index (κ2) is 7.18. The number of ether oxygens (including phenoxy) is 1. The number of esters is 1. The summed E-state index contributed by atoms with van der Waals surface area (Å²) in [4.78, 5) is 24.2. The van der Waals surface area contributed by atoms with Gasteiger partial charge in [-0.2, -0.15) is 23.4 Å². The first-order valence-electron chi connectivity index (χ1n) is 7.68. The molecule has 2 aromatic heterocycles. The number of aromatic nitrogens is 4. The van der Waals surface area contributed by atoms with Gasteiger partial charge in [-0.1, -0.05) is 0 Å². The van der Waals surface area contributed by atoms with Crippen molar-refractivity contribution in [1.29, 1.82) is 0 Å². The number of anilines is 1. The van der Waals surface area contributed by atoms with Crippen LogP contribution in [-0.2, 0) is 22.3 Å². The Morgan fingerprint density at radius 3 is 2.50 bits per heavy atom. The minimum Gasteiger partial charge on any atom is -0.464 e. The number of rotatable bonds is 5. The van der Waals surface area contributed by atoms with Crippen LogP contribution in [-0.4, -0.2) is 38.5 Å². The molecule has 8 nitrogen and oxygen atoms in total. The molecule has 11 heteroatoms. The number of nitrogens with one attached hydrogen (secondary N) is 1. The highest BCUT2D eigenvalue weighted by Gasteiger charge is 2.35. The Hall–Kier alpha value is -2.85. The van der Waals surface area contributed by atoms with Gasteiger partial charge in [-0.25, -0.2) is 4.79 Å². The molecule has 2 rings (SSSR count). The van der Waals surface area contributed by atoms with Crippen molar-refractivity contribution in [1.82, 2.24) is 19.6 Å². The van der Waals surface area contributed by atoms with E-state index in [1.54, 1.807) is 6.92 Å². The summed E-state index contributed by atoms with van der Waals surface area (Å²) in [5.74, 6) is -1.39. The average molecular weight is 373 g/mol. The highest BCUT2D eigenvalue weighted by Crippen LogP contribution is 2.29. The fraction of sp³-hybridized carbons (Fsp3) is 0.467. The summed E-state index contributed by atoms with van der Waals surface area (Å²) >= 11 is 0. The largest absolute Gasteiger partial charge is 0.464 e. The van der Waals surface area contributed by atoms with Crippen LogP contribution in [0, 0.1) is 6.92 Å². The predicted octanol–water partition coefficient (Wildman–Crippen LogP) is 2.41. The quantitative estimate of drug-likeness (QED) is 0.813. The minimum atomic E-state index is -4.60. The van der Waals surface area contributed by atoms with Gasteiger partial charge in [0.1, 0.15) is 6.04 Å². The van der Waals surface area contributed by atoms with E-state index in [0.717, 1.165) is 10.7 Å². The van der Waals surface area contributed by atoms with Gasteiger partial charge >= 0.3 is 12.1 Å². The first kappa shape index (κ1) is 19.5. The first-order chi connectivity index (χ1) is 12.1. The number of methoxy groups -OCH3 is 1. The van der Waals surface area contributed by atoms with Gasteiger partial charge in [-0.05, 0) is 26.8 Å². The van der Waals surface area contributed by atoms with E-state index in [2.05, 4.69) is 20.3 Å². The number of nitrogens with zero attached hydrogens (tertiary/aromatic N) is 4. The van der Waals surface area contributed by atoms with Gasteiger partial charge in [0, 0.05) is 18.4 Å². The molecule has 2 aromatic rings. The molecule has 142 valence electrons. The molecule has 2 heterocycles. The Morgan fingerprint density at radius 2 is 2.00 bits per heavy atom. The van der Waals surface area contributed by atoms with E-state index >= 15 is 0 Å². The van der Waals surface area contributed by atoms with Crippen molar-refractivity contribution < 1.29 is 27.5 Å². The zero-order chi connectivity index (χ0) is 19.6. The summed E-state index contributed by atoms with van der Waals surface area (Å²) in [5, 5.41) is 9.94. The van der Waals surface area contributed by atoms with E-state index in [0.29, 0.717) is 6.54 Å². The highest BCUT2D eigenvalue weighted by molar-refractivity contribution is 6.00. The molecule has 0 saturated heterocycles. The molecule has 0 aliphatic heterocycles. The average Bonchev–Trinajstić information content (AvgIpc) is 3.16. The van der Waals surface area contributed by atoms with Crippen LogP contribution in [0.25, 0.3) is 0 Å². The van der Waals surface area contributed by atoms with Gasteiger partial charge in [0.25, 0.3) is 0 Å². The number of carbonyl (C=O) groups is 2. The second-order valence-electron chi connectivity index (χ2n) is 5.52. The predicted molar refractivity (Wildman–Crippen MR) is 84.5 cm³/mol. The maximum atomic E-state index is 12.8. The summed E-state index contributed by atoms with van der Waals surface area (Å²) in [7, 11) is 1.17. The number of hydrogen-bond donors (Lipinski definition) is 1. The van der Waals surface area contributed by atoms with Gasteiger partial charge in [-0.3, -0.25) is 14.2 Å². The summed E-state index contributed by atoms with van der Waals surface area (Å²) in [6, 6.07) is -0.180. The molecule has 0 aliphatic rings.